The quantitative estimate of drug-likeness (QED) is 0.617. The SMILES string of the molecule is Cc1ncc(C(=O)Nc2cc(C(N)=O)cc(CN3CCN(C(=O)OC(C)(C)C)C(C)C3)c2C)cc1Cl. The molecule has 1 aliphatic heterocycles. The van der Waals surface area contributed by atoms with Crippen LogP contribution in [0.4, 0.5) is 10.5 Å². The molecular formula is C26H34ClN5O4. The summed E-state index contributed by atoms with van der Waals surface area (Å²) in [5.74, 6) is -0.977. The summed E-state index contributed by atoms with van der Waals surface area (Å²) in [7, 11) is 0. The Hall–Kier alpha value is -3.17. The number of ether oxygens (including phenoxy) is 1. The van der Waals surface area contributed by atoms with E-state index in [1.54, 1.807) is 30.0 Å². The standard InChI is InChI=1S/C26H34ClN5O4/c1-15-13-31(7-8-32(15)25(35)36-26(4,5)6)14-20-9-18(23(28)33)11-22(16(20)2)30-24(34)19-10-21(27)17(3)29-12-19/h9-12,15H,7-8,13-14H2,1-6H3,(H2,28,33)(H,30,34). The van der Waals surface area contributed by atoms with Gasteiger partial charge >= 0.3 is 6.09 Å². The number of anilines is 1. The van der Waals surface area contributed by atoms with Gasteiger partial charge < -0.3 is 20.7 Å². The van der Waals surface area contributed by atoms with Crippen molar-refractivity contribution in [2.45, 2.75) is 59.7 Å². The normalized spacial score (nSPS) is 16.5. The van der Waals surface area contributed by atoms with E-state index in [-0.39, 0.29) is 18.0 Å². The van der Waals surface area contributed by atoms with E-state index in [1.165, 1.54) is 6.20 Å². The molecule has 194 valence electrons. The molecule has 1 unspecified atom stereocenters. The molecule has 3 rings (SSSR count). The van der Waals surface area contributed by atoms with Crippen molar-refractivity contribution in [3.05, 3.63) is 57.4 Å². The molecule has 1 fully saturated rings. The highest BCUT2D eigenvalue weighted by atomic mass is 35.5. The third-order valence-corrected chi connectivity index (χ3v) is 6.45. The molecule has 1 aliphatic rings. The highest BCUT2D eigenvalue weighted by molar-refractivity contribution is 6.31. The van der Waals surface area contributed by atoms with E-state index in [9.17, 15) is 14.4 Å². The Bertz CT molecular complexity index is 1180. The smallest absolute Gasteiger partial charge is 0.410 e. The number of aromatic nitrogens is 1. The molecule has 1 saturated heterocycles. The molecule has 3 amide bonds. The summed E-state index contributed by atoms with van der Waals surface area (Å²) in [5, 5.41) is 3.26. The Labute approximate surface area is 216 Å². The first-order valence-corrected chi connectivity index (χ1v) is 12.2. The summed E-state index contributed by atoms with van der Waals surface area (Å²) < 4.78 is 5.53. The number of primary amides is 1. The number of nitrogens with one attached hydrogen (secondary N) is 1. The summed E-state index contributed by atoms with van der Waals surface area (Å²) in [6.07, 6.45) is 1.13. The van der Waals surface area contributed by atoms with Gasteiger partial charge in [0.15, 0.2) is 0 Å². The maximum absolute atomic E-state index is 12.9. The van der Waals surface area contributed by atoms with Gasteiger partial charge in [-0.1, -0.05) is 11.6 Å². The van der Waals surface area contributed by atoms with Crippen molar-refractivity contribution in [1.29, 1.82) is 0 Å². The summed E-state index contributed by atoms with van der Waals surface area (Å²) in [6.45, 7) is 13.5. The average molecular weight is 516 g/mol. The fraction of sp³-hybridized carbons (Fsp3) is 0.462. The minimum atomic E-state index is -0.588. The molecule has 1 aromatic heterocycles. The lowest BCUT2D eigenvalue weighted by molar-refractivity contribution is 0.000518. The summed E-state index contributed by atoms with van der Waals surface area (Å²) >= 11 is 6.12. The average Bonchev–Trinajstić information content (AvgIpc) is 2.76. The Balaban J connectivity index is 1.78. The van der Waals surface area contributed by atoms with Crippen LogP contribution in [-0.4, -0.2) is 64.0 Å². The molecule has 0 aliphatic carbocycles. The van der Waals surface area contributed by atoms with Crippen molar-refractivity contribution in [2.75, 3.05) is 25.0 Å². The fourth-order valence-electron chi connectivity index (χ4n) is 4.04. The second-order valence-electron chi connectivity index (χ2n) is 10.2. The number of nitrogens with zero attached hydrogens (tertiary/aromatic N) is 3. The van der Waals surface area contributed by atoms with Crippen molar-refractivity contribution < 1.29 is 19.1 Å². The molecule has 1 atom stereocenters. The van der Waals surface area contributed by atoms with Crippen LogP contribution in [-0.2, 0) is 11.3 Å². The number of halogens is 1. The molecule has 0 saturated carbocycles. The monoisotopic (exact) mass is 515 g/mol. The number of carbonyl (C=O) groups excluding carboxylic acids is 3. The van der Waals surface area contributed by atoms with Crippen LogP contribution in [0.25, 0.3) is 0 Å². The van der Waals surface area contributed by atoms with E-state index >= 15 is 0 Å². The molecule has 36 heavy (non-hydrogen) atoms. The Morgan fingerprint density at radius 2 is 1.86 bits per heavy atom. The molecule has 2 heterocycles. The Morgan fingerprint density at radius 1 is 1.17 bits per heavy atom. The molecule has 0 bridgehead atoms. The first kappa shape index (κ1) is 27.4. The van der Waals surface area contributed by atoms with Gasteiger partial charge in [0.2, 0.25) is 5.91 Å². The van der Waals surface area contributed by atoms with E-state index < -0.39 is 11.5 Å². The van der Waals surface area contributed by atoms with E-state index in [1.807, 2.05) is 34.6 Å². The highest BCUT2D eigenvalue weighted by Gasteiger charge is 2.31. The predicted molar refractivity (Wildman–Crippen MR) is 139 cm³/mol. The molecule has 1 aromatic carbocycles. The number of benzene rings is 1. The van der Waals surface area contributed by atoms with Gasteiger partial charge in [-0.3, -0.25) is 19.5 Å². The molecule has 3 N–H and O–H groups in total. The molecule has 2 aromatic rings. The van der Waals surface area contributed by atoms with Crippen molar-refractivity contribution in [1.82, 2.24) is 14.8 Å². The number of carbonyl (C=O) groups is 3. The summed E-state index contributed by atoms with van der Waals surface area (Å²) in [6, 6.07) is 4.83. The zero-order valence-corrected chi connectivity index (χ0v) is 22.4. The van der Waals surface area contributed by atoms with Crippen LogP contribution in [0.1, 0.15) is 65.2 Å². The van der Waals surface area contributed by atoms with Gasteiger partial charge in [0.05, 0.1) is 16.3 Å². The third kappa shape index (κ3) is 6.73. The van der Waals surface area contributed by atoms with Crippen LogP contribution < -0.4 is 11.1 Å². The van der Waals surface area contributed by atoms with Crippen molar-refractivity contribution in [3.63, 3.8) is 0 Å². The summed E-state index contributed by atoms with van der Waals surface area (Å²) in [5.41, 5.74) is 8.44. The van der Waals surface area contributed by atoms with Crippen LogP contribution in [0.5, 0.6) is 0 Å². The highest BCUT2D eigenvalue weighted by Crippen LogP contribution is 2.26. The molecule has 10 heteroatoms. The zero-order valence-electron chi connectivity index (χ0n) is 21.6. The van der Waals surface area contributed by atoms with Crippen LogP contribution >= 0.6 is 11.6 Å². The molecule has 9 nitrogen and oxygen atoms in total. The van der Waals surface area contributed by atoms with Gasteiger partial charge in [0.1, 0.15) is 5.60 Å². The van der Waals surface area contributed by atoms with Crippen molar-refractivity contribution in [3.8, 4) is 0 Å². The number of nitrogens with two attached hydrogens (primary N) is 1. The topological polar surface area (TPSA) is 118 Å². The maximum atomic E-state index is 12.9. The van der Waals surface area contributed by atoms with E-state index in [0.29, 0.717) is 53.7 Å². The zero-order chi connectivity index (χ0) is 26.8. The van der Waals surface area contributed by atoms with Gasteiger partial charge in [-0.2, -0.15) is 0 Å². The number of hydrogen-bond acceptors (Lipinski definition) is 6. The van der Waals surface area contributed by atoms with Gasteiger partial charge in [-0.05, 0) is 70.9 Å². The predicted octanol–water partition coefficient (Wildman–Crippen LogP) is 4.14. The first-order chi connectivity index (χ1) is 16.7. The second kappa shape index (κ2) is 10.8. The van der Waals surface area contributed by atoms with Crippen LogP contribution in [0.2, 0.25) is 5.02 Å². The maximum Gasteiger partial charge on any atom is 0.410 e. The van der Waals surface area contributed by atoms with E-state index in [0.717, 1.165) is 11.1 Å². The Morgan fingerprint density at radius 3 is 2.44 bits per heavy atom. The number of piperazine rings is 1. The van der Waals surface area contributed by atoms with Crippen LogP contribution in [0.3, 0.4) is 0 Å². The van der Waals surface area contributed by atoms with E-state index in [4.69, 9.17) is 22.1 Å². The number of hydrogen-bond donors (Lipinski definition) is 2. The van der Waals surface area contributed by atoms with Crippen molar-refractivity contribution in [2.24, 2.45) is 5.73 Å². The molecular weight excluding hydrogens is 482 g/mol. The molecule has 0 spiro atoms. The van der Waals surface area contributed by atoms with Crippen molar-refractivity contribution >= 4 is 35.2 Å². The lowest BCUT2D eigenvalue weighted by atomic mass is 10.0. The minimum Gasteiger partial charge on any atom is -0.444 e. The minimum absolute atomic E-state index is 0.0498. The lowest BCUT2D eigenvalue weighted by Gasteiger charge is -2.40. The second-order valence-corrected chi connectivity index (χ2v) is 10.6. The van der Waals surface area contributed by atoms with Gasteiger partial charge in [0, 0.05) is 49.7 Å². The number of pyridine rings is 1. The third-order valence-electron chi connectivity index (χ3n) is 6.07. The van der Waals surface area contributed by atoms with Gasteiger partial charge in [0.25, 0.3) is 5.91 Å². The van der Waals surface area contributed by atoms with E-state index in [2.05, 4.69) is 15.2 Å². The Kier molecular flexibility index (Phi) is 8.26. The van der Waals surface area contributed by atoms with Gasteiger partial charge in [-0.15, -0.1) is 0 Å². The first-order valence-electron chi connectivity index (χ1n) is 11.8. The largest absolute Gasteiger partial charge is 0.444 e. The van der Waals surface area contributed by atoms with Crippen LogP contribution in [0.15, 0.2) is 24.4 Å². The number of amides is 3. The van der Waals surface area contributed by atoms with Crippen LogP contribution in [0, 0.1) is 13.8 Å². The van der Waals surface area contributed by atoms with Gasteiger partial charge in [-0.25, -0.2) is 4.79 Å². The molecule has 0 radical (unpaired) electrons. The summed E-state index contributed by atoms with van der Waals surface area (Å²) in [4.78, 5) is 45.5. The fourth-order valence-corrected chi connectivity index (χ4v) is 4.21. The lowest BCUT2D eigenvalue weighted by Crippen LogP contribution is -2.54. The number of rotatable bonds is 5. The number of aryl methyl sites for hydroxylation is 1.